The summed E-state index contributed by atoms with van der Waals surface area (Å²) < 4.78 is 0. The molecular formula is C9H18N2O2. The fraction of sp³-hybridized carbons (Fsp3) is 0.889. The van der Waals surface area contributed by atoms with Crippen LogP contribution in [0, 0.1) is 5.92 Å². The van der Waals surface area contributed by atoms with Gasteiger partial charge < -0.3 is 4.90 Å². The van der Waals surface area contributed by atoms with Crippen molar-refractivity contribution in [2.45, 2.75) is 12.8 Å². The summed E-state index contributed by atoms with van der Waals surface area (Å²) in [4.78, 5) is 18.7. The Kier molecular flexibility index (Phi) is 3.69. The average molecular weight is 186 g/mol. The highest BCUT2D eigenvalue weighted by Gasteiger charge is 2.26. The number of nitrogens with zero attached hydrogens (tertiary/aromatic N) is 2. The maximum absolute atomic E-state index is 11.6. The minimum absolute atomic E-state index is 0.0917. The zero-order valence-electron chi connectivity index (χ0n) is 8.62. The van der Waals surface area contributed by atoms with Crippen molar-refractivity contribution in [2.24, 2.45) is 5.92 Å². The lowest BCUT2D eigenvalue weighted by molar-refractivity contribution is -0.174. The van der Waals surface area contributed by atoms with Crippen LogP contribution in [0.1, 0.15) is 12.8 Å². The van der Waals surface area contributed by atoms with Gasteiger partial charge in [-0.05, 0) is 26.4 Å². The molecule has 1 amide bonds. The number of carbonyl (C=O) groups excluding carboxylic acids is 1. The molecule has 1 saturated heterocycles. The Hall–Kier alpha value is -0.610. The second-order valence-corrected chi connectivity index (χ2v) is 3.62. The van der Waals surface area contributed by atoms with E-state index in [1.807, 2.05) is 7.05 Å². The molecule has 0 spiro atoms. The Morgan fingerprint density at radius 2 is 2.31 bits per heavy atom. The number of hydrogen-bond donors (Lipinski definition) is 0. The lowest BCUT2D eigenvalue weighted by Crippen LogP contribution is -2.41. The predicted molar refractivity (Wildman–Crippen MR) is 50.0 cm³/mol. The highest BCUT2D eigenvalue weighted by atomic mass is 16.7. The maximum Gasteiger partial charge on any atom is 0.250 e. The molecule has 76 valence electrons. The largest absolute Gasteiger partial charge is 0.306 e. The summed E-state index contributed by atoms with van der Waals surface area (Å²) in [5, 5.41) is 1.32. The molecule has 1 unspecified atom stereocenters. The molecule has 13 heavy (non-hydrogen) atoms. The zero-order chi connectivity index (χ0) is 9.84. The molecule has 1 aliphatic heterocycles. The van der Waals surface area contributed by atoms with Crippen LogP contribution < -0.4 is 0 Å². The van der Waals surface area contributed by atoms with Crippen LogP contribution in [0.15, 0.2) is 0 Å². The third-order valence-electron chi connectivity index (χ3n) is 2.56. The number of carbonyl (C=O) groups is 1. The second-order valence-electron chi connectivity index (χ2n) is 3.62. The summed E-state index contributed by atoms with van der Waals surface area (Å²) in [7, 11) is 5.23. The molecule has 0 aromatic carbocycles. The monoisotopic (exact) mass is 186 g/mol. The van der Waals surface area contributed by atoms with Gasteiger partial charge in [0.2, 0.25) is 5.91 Å². The Balaban J connectivity index is 2.46. The van der Waals surface area contributed by atoms with Crippen LogP contribution in [0.25, 0.3) is 0 Å². The molecule has 0 aromatic heterocycles. The van der Waals surface area contributed by atoms with E-state index in [4.69, 9.17) is 4.84 Å². The topological polar surface area (TPSA) is 32.8 Å². The van der Waals surface area contributed by atoms with E-state index in [-0.39, 0.29) is 11.8 Å². The lowest BCUT2D eigenvalue weighted by Gasteiger charge is -2.30. The summed E-state index contributed by atoms with van der Waals surface area (Å²) in [5.41, 5.74) is 0. The van der Waals surface area contributed by atoms with E-state index in [1.165, 1.54) is 12.2 Å². The van der Waals surface area contributed by atoms with Crippen LogP contribution in [0.3, 0.4) is 0 Å². The Morgan fingerprint density at radius 3 is 2.85 bits per heavy atom. The minimum Gasteiger partial charge on any atom is -0.306 e. The van der Waals surface area contributed by atoms with E-state index in [0.717, 1.165) is 25.9 Å². The van der Waals surface area contributed by atoms with Crippen molar-refractivity contribution >= 4 is 5.91 Å². The molecule has 0 N–H and O–H groups in total. The number of hydrogen-bond acceptors (Lipinski definition) is 3. The molecule has 0 bridgehead atoms. The summed E-state index contributed by atoms with van der Waals surface area (Å²) in [6, 6.07) is 0. The van der Waals surface area contributed by atoms with Crippen LogP contribution >= 0.6 is 0 Å². The summed E-state index contributed by atoms with van der Waals surface area (Å²) in [5.74, 6) is 0.206. The Morgan fingerprint density at radius 1 is 1.62 bits per heavy atom. The van der Waals surface area contributed by atoms with E-state index >= 15 is 0 Å². The Bertz CT molecular complexity index is 184. The third-order valence-corrected chi connectivity index (χ3v) is 2.56. The fourth-order valence-electron chi connectivity index (χ4n) is 1.72. The number of hydroxylamine groups is 2. The van der Waals surface area contributed by atoms with Crippen LogP contribution in [0.2, 0.25) is 0 Å². The van der Waals surface area contributed by atoms with Gasteiger partial charge in [-0.2, -0.15) is 0 Å². The number of amides is 1. The normalized spacial score (nSPS) is 24.4. The molecule has 1 heterocycles. The van der Waals surface area contributed by atoms with Gasteiger partial charge >= 0.3 is 0 Å². The molecule has 1 aliphatic rings. The van der Waals surface area contributed by atoms with Gasteiger partial charge in [0.05, 0.1) is 13.0 Å². The smallest absolute Gasteiger partial charge is 0.250 e. The number of rotatable bonds is 2. The molecule has 1 fully saturated rings. The lowest BCUT2D eigenvalue weighted by atomic mass is 9.98. The first-order chi connectivity index (χ1) is 6.15. The van der Waals surface area contributed by atoms with Crippen LogP contribution in [0.5, 0.6) is 0 Å². The standard InChI is InChI=1S/C9H18N2O2/c1-10-6-4-5-8(7-10)9(12)11(2)13-3/h8H,4-7H2,1-3H3. The fourth-order valence-corrected chi connectivity index (χ4v) is 1.72. The molecule has 0 saturated carbocycles. The van der Waals surface area contributed by atoms with Crippen molar-refractivity contribution in [1.82, 2.24) is 9.96 Å². The summed E-state index contributed by atoms with van der Waals surface area (Å²) in [6.07, 6.45) is 2.08. The maximum atomic E-state index is 11.6. The molecule has 1 atom stereocenters. The van der Waals surface area contributed by atoms with Crippen molar-refractivity contribution in [3.05, 3.63) is 0 Å². The highest BCUT2D eigenvalue weighted by Crippen LogP contribution is 2.16. The minimum atomic E-state index is 0.0917. The van der Waals surface area contributed by atoms with Crippen molar-refractivity contribution in [3.8, 4) is 0 Å². The molecule has 4 nitrogen and oxygen atoms in total. The van der Waals surface area contributed by atoms with Gasteiger partial charge in [-0.3, -0.25) is 9.63 Å². The van der Waals surface area contributed by atoms with Gasteiger partial charge in [0.1, 0.15) is 0 Å². The van der Waals surface area contributed by atoms with Gasteiger partial charge in [-0.15, -0.1) is 0 Å². The van der Waals surface area contributed by atoms with Gasteiger partial charge in [-0.25, -0.2) is 5.06 Å². The first-order valence-electron chi connectivity index (χ1n) is 4.65. The Labute approximate surface area is 79.4 Å². The van der Waals surface area contributed by atoms with E-state index < -0.39 is 0 Å². The predicted octanol–water partition coefficient (Wildman–Crippen LogP) is 0.348. The van der Waals surface area contributed by atoms with Crippen LogP contribution in [0.4, 0.5) is 0 Å². The van der Waals surface area contributed by atoms with E-state index in [9.17, 15) is 4.79 Å². The summed E-state index contributed by atoms with van der Waals surface area (Å²) in [6.45, 7) is 1.95. The molecule has 1 rings (SSSR count). The molecular weight excluding hydrogens is 168 g/mol. The van der Waals surface area contributed by atoms with Crippen LogP contribution in [-0.4, -0.2) is 50.2 Å². The van der Waals surface area contributed by atoms with Gasteiger partial charge in [-0.1, -0.05) is 0 Å². The third kappa shape index (κ3) is 2.67. The van der Waals surface area contributed by atoms with Crippen molar-refractivity contribution in [2.75, 3.05) is 34.3 Å². The second kappa shape index (κ2) is 4.58. The number of piperidine rings is 1. The van der Waals surface area contributed by atoms with Crippen molar-refractivity contribution < 1.29 is 9.63 Å². The SMILES string of the molecule is CON(C)C(=O)C1CCCN(C)C1. The molecule has 0 radical (unpaired) electrons. The van der Waals surface area contributed by atoms with E-state index in [0.29, 0.717) is 0 Å². The van der Waals surface area contributed by atoms with Gasteiger partial charge in [0.25, 0.3) is 0 Å². The average Bonchev–Trinajstić information content (AvgIpc) is 2.15. The first-order valence-corrected chi connectivity index (χ1v) is 4.65. The van der Waals surface area contributed by atoms with Crippen molar-refractivity contribution in [3.63, 3.8) is 0 Å². The molecule has 4 heteroatoms. The van der Waals surface area contributed by atoms with Crippen molar-refractivity contribution in [1.29, 1.82) is 0 Å². The van der Waals surface area contributed by atoms with Crippen LogP contribution in [-0.2, 0) is 9.63 Å². The number of likely N-dealkylation sites (tertiary alicyclic amines) is 1. The quantitative estimate of drug-likeness (QED) is 0.583. The first kappa shape index (κ1) is 10.5. The highest BCUT2D eigenvalue weighted by molar-refractivity contribution is 5.77. The zero-order valence-corrected chi connectivity index (χ0v) is 8.62. The van der Waals surface area contributed by atoms with E-state index in [1.54, 1.807) is 7.05 Å². The van der Waals surface area contributed by atoms with Gasteiger partial charge in [0.15, 0.2) is 0 Å². The molecule has 0 aromatic rings. The molecule has 0 aliphatic carbocycles. The summed E-state index contributed by atoms with van der Waals surface area (Å²) >= 11 is 0. The van der Waals surface area contributed by atoms with E-state index in [2.05, 4.69) is 4.90 Å². The van der Waals surface area contributed by atoms with Gasteiger partial charge in [0, 0.05) is 13.6 Å².